The predicted molar refractivity (Wildman–Crippen MR) is 72.3 cm³/mol. The summed E-state index contributed by atoms with van der Waals surface area (Å²) in [6.45, 7) is 0. The van der Waals surface area contributed by atoms with Crippen molar-refractivity contribution in [3.05, 3.63) is 68.1 Å². The largest absolute Gasteiger partial charge is 0.384 e. The Morgan fingerprint density at radius 2 is 1.56 bits per heavy atom. The third-order valence-corrected chi connectivity index (χ3v) is 3.64. The number of rotatable bonds is 2. The Balaban J connectivity index is 2.44. The number of halogens is 4. The van der Waals surface area contributed by atoms with Gasteiger partial charge < -0.3 is 5.11 Å². The monoisotopic (exact) mass is 376 g/mol. The minimum atomic E-state index is -1.09. The number of benzene rings is 2. The van der Waals surface area contributed by atoms with Gasteiger partial charge in [-0.2, -0.15) is 0 Å². The molecule has 0 spiro atoms. The van der Waals surface area contributed by atoms with E-state index in [0.29, 0.717) is 10.0 Å². The van der Waals surface area contributed by atoms with E-state index >= 15 is 0 Å². The van der Waals surface area contributed by atoms with E-state index < -0.39 is 17.7 Å². The van der Waals surface area contributed by atoms with Crippen LogP contribution in [-0.4, -0.2) is 5.11 Å². The second kappa shape index (κ2) is 5.47. The molecule has 0 heterocycles. The highest BCUT2D eigenvalue weighted by atomic mass is 79.9. The van der Waals surface area contributed by atoms with E-state index in [2.05, 4.69) is 31.9 Å². The van der Waals surface area contributed by atoms with Crippen LogP contribution in [0.3, 0.4) is 0 Å². The van der Waals surface area contributed by atoms with Crippen LogP contribution in [0.15, 0.2) is 45.3 Å². The fraction of sp³-hybridized carbons (Fsp3) is 0.0769. The Kier molecular flexibility index (Phi) is 4.14. The van der Waals surface area contributed by atoms with Gasteiger partial charge in [0.05, 0.1) is 0 Å². The first-order chi connectivity index (χ1) is 8.47. The molecule has 0 saturated carbocycles. The highest BCUT2D eigenvalue weighted by Crippen LogP contribution is 2.31. The van der Waals surface area contributed by atoms with Crippen molar-refractivity contribution in [3.63, 3.8) is 0 Å². The molecular weight excluding hydrogens is 370 g/mol. The number of aliphatic hydroxyl groups excluding tert-OH is 1. The second-order valence-electron chi connectivity index (χ2n) is 3.77. The molecule has 2 aromatic carbocycles. The van der Waals surface area contributed by atoms with Gasteiger partial charge in [0.15, 0.2) is 0 Å². The van der Waals surface area contributed by atoms with E-state index in [4.69, 9.17) is 0 Å². The normalized spacial score (nSPS) is 12.5. The molecule has 0 aliphatic heterocycles. The zero-order chi connectivity index (χ0) is 13.3. The molecule has 5 heteroatoms. The average Bonchev–Trinajstić information content (AvgIpc) is 2.26. The molecule has 0 aliphatic carbocycles. The lowest BCUT2D eigenvalue weighted by atomic mass is 10.0. The molecule has 0 aromatic heterocycles. The Morgan fingerprint density at radius 3 is 2.11 bits per heavy atom. The Morgan fingerprint density at radius 1 is 0.944 bits per heavy atom. The molecule has 1 N–H and O–H groups in total. The molecule has 1 atom stereocenters. The summed E-state index contributed by atoms with van der Waals surface area (Å²) in [6.07, 6.45) is -1.09. The van der Waals surface area contributed by atoms with Crippen LogP contribution < -0.4 is 0 Å². The van der Waals surface area contributed by atoms with Crippen molar-refractivity contribution in [1.82, 2.24) is 0 Å². The predicted octanol–water partition coefficient (Wildman–Crippen LogP) is 4.57. The minimum Gasteiger partial charge on any atom is -0.384 e. The number of aliphatic hydroxyl groups is 1. The summed E-state index contributed by atoms with van der Waals surface area (Å²) in [5.74, 6) is -1.42. The van der Waals surface area contributed by atoms with Crippen LogP contribution >= 0.6 is 31.9 Å². The van der Waals surface area contributed by atoms with Crippen LogP contribution in [0.5, 0.6) is 0 Å². The second-order valence-corrected chi connectivity index (χ2v) is 5.54. The van der Waals surface area contributed by atoms with Crippen molar-refractivity contribution in [3.8, 4) is 0 Å². The first-order valence-electron chi connectivity index (χ1n) is 5.06. The Bertz CT molecular complexity index is 567. The molecule has 2 rings (SSSR count). The highest BCUT2D eigenvalue weighted by Gasteiger charge is 2.15. The summed E-state index contributed by atoms with van der Waals surface area (Å²) < 4.78 is 27.7. The summed E-state index contributed by atoms with van der Waals surface area (Å²) in [5.41, 5.74) is 0.721. The van der Waals surface area contributed by atoms with Gasteiger partial charge in [0.25, 0.3) is 0 Å². The Hall–Kier alpha value is -0.780. The van der Waals surface area contributed by atoms with Gasteiger partial charge in [-0.3, -0.25) is 0 Å². The van der Waals surface area contributed by atoms with Gasteiger partial charge in [0.1, 0.15) is 17.7 Å². The van der Waals surface area contributed by atoms with Crippen molar-refractivity contribution >= 4 is 31.9 Å². The average molecular weight is 378 g/mol. The standard InChI is InChI=1S/C13H8Br2F2O/c14-8-1-2-11(12(15)5-8)13(18)7-3-9(16)6-10(17)4-7/h1-6,13,18H. The van der Waals surface area contributed by atoms with E-state index in [1.807, 2.05) is 0 Å². The molecule has 2 aromatic rings. The van der Waals surface area contributed by atoms with Gasteiger partial charge in [0.2, 0.25) is 0 Å². The molecular formula is C13H8Br2F2O. The maximum Gasteiger partial charge on any atom is 0.126 e. The summed E-state index contributed by atoms with van der Waals surface area (Å²) >= 11 is 6.60. The minimum absolute atomic E-state index is 0.176. The van der Waals surface area contributed by atoms with Crippen molar-refractivity contribution < 1.29 is 13.9 Å². The van der Waals surface area contributed by atoms with Crippen LogP contribution in [-0.2, 0) is 0 Å². The summed E-state index contributed by atoms with van der Waals surface area (Å²) in [5, 5.41) is 10.1. The fourth-order valence-electron chi connectivity index (χ4n) is 1.64. The molecule has 18 heavy (non-hydrogen) atoms. The molecule has 0 bridgehead atoms. The van der Waals surface area contributed by atoms with Gasteiger partial charge in [-0.25, -0.2) is 8.78 Å². The van der Waals surface area contributed by atoms with E-state index in [1.165, 1.54) is 0 Å². The zero-order valence-corrected chi connectivity index (χ0v) is 12.2. The molecule has 0 aliphatic rings. The van der Waals surface area contributed by atoms with Gasteiger partial charge in [-0.1, -0.05) is 37.9 Å². The van der Waals surface area contributed by atoms with Crippen LogP contribution in [0, 0.1) is 11.6 Å². The maximum atomic E-state index is 13.1. The summed E-state index contributed by atoms with van der Waals surface area (Å²) in [6, 6.07) is 8.19. The smallest absolute Gasteiger partial charge is 0.126 e. The first-order valence-corrected chi connectivity index (χ1v) is 6.65. The van der Waals surface area contributed by atoms with E-state index in [0.717, 1.165) is 22.7 Å². The highest BCUT2D eigenvalue weighted by molar-refractivity contribution is 9.11. The lowest BCUT2D eigenvalue weighted by Crippen LogP contribution is -2.02. The van der Waals surface area contributed by atoms with Crippen molar-refractivity contribution in [2.75, 3.05) is 0 Å². The van der Waals surface area contributed by atoms with E-state index in [-0.39, 0.29) is 5.56 Å². The van der Waals surface area contributed by atoms with Crippen molar-refractivity contribution in [2.24, 2.45) is 0 Å². The third-order valence-electron chi connectivity index (χ3n) is 2.46. The van der Waals surface area contributed by atoms with Crippen LogP contribution in [0.2, 0.25) is 0 Å². The topological polar surface area (TPSA) is 20.2 Å². The summed E-state index contributed by atoms with van der Waals surface area (Å²) in [4.78, 5) is 0. The van der Waals surface area contributed by atoms with Crippen LogP contribution in [0.1, 0.15) is 17.2 Å². The fourth-order valence-corrected chi connectivity index (χ4v) is 2.90. The molecule has 1 nitrogen and oxygen atoms in total. The van der Waals surface area contributed by atoms with E-state index in [1.54, 1.807) is 18.2 Å². The SMILES string of the molecule is OC(c1cc(F)cc(F)c1)c1ccc(Br)cc1Br. The number of hydrogen-bond acceptors (Lipinski definition) is 1. The van der Waals surface area contributed by atoms with Crippen molar-refractivity contribution in [2.45, 2.75) is 6.10 Å². The lowest BCUT2D eigenvalue weighted by Gasteiger charge is -2.14. The Labute approximate surface area is 120 Å². The molecule has 0 fully saturated rings. The van der Waals surface area contributed by atoms with Gasteiger partial charge in [-0.15, -0.1) is 0 Å². The lowest BCUT2D eigenvalue weighted by molar-refractivity contribution is 0.218. The van der Waals surface area contributed by atoms with E-state index in [9.17, 15) is 13.9 Å². The zero-order valence-electron chi connectivity index (χ0n) is 9.00. The first kappa shape index (κ1) is 13.6. The van der Waals surface area contributed by atoms with Crippen LogP contribution in [0.4, 0.5) is 8.78 Å². The molecule has 1 unspecified atom stereocenters. The molecule has 0 amide bonds. The maximum absolute atomic E-state index is 13.1. The quantitative estimate of drug-likeness (QED) is 0.812. The summed E-state index contributed by atoms with van der Waals surface area (Å²) in [7, 11) is 0. The molecule has 0 radical (unpaired) electrons. The number of hydrogen-bond donors (Lipinski definition) is 1. The third kappa shape index (κ3) is 2.96. The molecule has 0 saturated heterocycles. The van der Waals surface area contributed by atoms with Crippen LogP contribution in [0.25, 0.3) is 0 Å². The van der Waals surface area contributed by atoms with Gasteiger partial charge >= 0.3 is 0 Å². The van der Waals surface area contributed by atoms with Gasteiger partial charge in [0, 0.05) is 15.0 Å². The van der Waals surface area contributed by atoms with Gasteiger partial charge in [-0.05, 0) is 35.4 Å². The van der Waals surface area contributed by atoms with Crippen molar-refractivity contribution in [1.29, 1.82) is 0 Å². The molecule has 94 valence electrons.